The van der Waals surface area contributed by atoms with Crippen LogP contribution in [-0.4, -0.2) is 24.3 Å². The Bertz CT molecular complexity index is 295. The van der Waals surface area contributed by atoms with E-state index in [1.807, 2.05) is 0 Å². The summed E-state index contributed by atoms with van der Waals surface area (Å²) < 4.78 is 6.50. The summed E-state index contributed by atoms with van der Waals surface area (Å²) in [6.07, 6.45) is 12.2. The molecule has 0 spiro atoms. The van der Waals surface area contributed by atoms with Crippen molar-refractivity contribution in [1.29, 1.82) is 0 Å². The molecule has 0 atom stereocenters. The molecule has 0 heterocycles. The minimum atomic E-state index is 0.114. The number of hydrogen-bond acceptors (Lipinski definition) is 2. The van der Waals surface area contributed by atoms with Crippen molar-refractivity contribution in [2.75, 3.05) is 13.2 Å². The third-order valence-electron chi connectivity index (χ3n) is 5.69. The second-order valence-electron chi connectivity index (χ2n) is 8.57. The van der Waals surface area contributed by atoms with Crippen LogP contribution < -0.4 is 5.32 Å². The van der Waals surface area contributed by atoms with Crippen LogP contribution in [0.5, 0.6) is 0 Å². The molecule has 2 nitrogen and oxygen atoms in total. The highest BCUT2D eigenvalue weighted by Crippen LogP contribution is 2.37. The highest BCUT2D eigenvalue weighted by atomic mass is 16.5. The Labute approximate surface area is 132 Å². The average molecular weight is 296 g/mol. The second-order valence-corrected chi connectivity index (χ2v) is 8.57. The van der Waals surface area contributed by atoms with Gasteiger partial charge in [0.2, 0.25) is 0 Å². The molecule has 0 radical (unpaired) electrons. The van der Waals surface area contributed by atoms with Crippen LogP contribution in [0.25, 0.3) is 0 Å². The maximum absolute atomic E-state index is 6.50. The lowest BCUT2D eigenvalue weighted by molar-refractivity contribution is -0.0848. The van der Waals surface area contributed by atoms with Crippen molar-refractivity contribution >= 4 is 0 Å². The van der Waals surface area contributed by atoms with Gasteiger partial charge in [0.05, 0.1) is 5.60 Å². The molecule has 0 aliphatic heterocycles. The van der Waals surface area contributed by atoms with Crippen LogP contribution in [0.4, 0.5) is 0 Å². The van der Waals surface area contributed by atoms with Gasteiger partial charge in [-0.05, 0) is 64.7 Å². The lowest BCUT2D eigenvalue weighted by atomic mass is 9.77. The van der Waals surface area contributed by atoms with Gasteiger partial charge in [-0.1, -0.05) is 32.6 Å². The molecule has 0 aromatic heterocycles. The average Bonchev–Trinajstić information content (AvgIpc) is 2.40. The van der Waals surface area contributed by atoms with Gasteiger partial charge >= 0.3 is 0 Å². The van der Waals surface area contributed by atoms with Gasteiger partial charge in [-0.2, -0.15) is 0 Å². The van der Waals surface area contributed by atoms with Crippen molar-refractivity contribution in [3.63, 3.8) is 0 Å². The normalized spacial score (nSPS) is 31.1. The predicted octanol–water partition coefficient (Wildman–Crippen LogP) is 4.92. The molecule has 2 heteroatoms. The van der Waals surface area contributed by atoms with Crippen molar-refractivity contribution in [3.05, 3.63) is 0 Å². The van der Waals surface area contributed by atoms with Crippen molar-refractivity contribution < 1.29 is 4.74 Å². The van der Waals surface area contributed by atoms with Crippen molar-refractivity contribution in [2.45, 2.75) is 96.6 Å². The lowest BCUT2D eigenvalue weighted by Gasteiger charge is -2.42. The standard InChI is InChI=1S/C19H37NO/c1-5-16-9-12-19(13-10-16,15-20-18(2,3)4)21-14-11-17-7-6-8-17/h16-17,20H,5-15H2,1-4H3. The fraction of sp³-hybridized carbons (Fsp3) is 1.00. The summed E-state index contributed by atoms with van der Waals surface area (Å²) in [5.74, 6) is 1.90. The molecule has 0 saturated heterocycles. The summed E-state index contributed by atoms with van der Waals surface area (Å²) in [6.45, 7) is 11.1. The quantitative estimate of drug-likeness (QED) is 0.720. The topological polar surface area (TPSA) is 21.3 Å². The Kier molecular flexibility index (Phi) is 6.14. The number of nitrogens with one attached hydrogen (secondary N) is 1. The van der Waals surface area contributed by atoms with Gasteiger partial charge in [0, 0.05) is 18.7 Å². The SMILES string of the molecule is CCC1CCC(CNC(C)(C)C)(OCCC2CCC2)CC1. The molecule has 21 heavy (non-hydrogen) atoms. The zero-order valence-corrected chi connectivity index (χ0v) is 14.8. The van der Waals surface area contributed by atoms with Gasteiger partial charge in [-0.15, -0.1) is 0 Å². The molecule has 0 aromatic carbocycles. The number of rotatable bonds is 7. The molecule has 2 rings (SSSR count). The zero-order chi connectivity index (χ0) is 15.3. The third-order valence-corrected chi connectivity index (χ3v) is 5.69. The summed E-state index contributed by atoms with van der Waals surface area (Å²) >= 11 is 0. The molecular weight excluding hydrogens is 258 g/mol. The first kappa shape index (κ1) is 17.3. The van der Waals surface area contributed by atoms with Crippen molar-refractivity contribution in [1.82, 2.24) is 5.32 Å². The van der Waals surface area contributed by atoms with E-state index in [0.29, 0.717) is 0 Å². The second kappa shape index (κ2) is 7.46. The van der Waals surface area contributed by atoms with Crippen LogP contribution in [-0.2, 0) is 4.74 Å². The van der Waals surface area contributed by atoms with Gasteiger partial charge in [-0.3, -0.25) is 0 Å². The Hall–Kier alpha value is -0.0800. The summed E-state index contributed by atoms with van der Waals surface area (Å²) in [7, 11) is 0. The van der Waals surface area contributed by atoms with E-state index in [2.05, 4.69) is 33.0 Å². The van der Waals surface area contributed by atoms with E-state index in [1.54, 1.807) is 0 Å². The number of hydrogen-bond donors (Lipinski definition) is 1. The molecule has 0 aromatic rings. The lowest BCUT2D eigenvalue weighted by Crippen LogP contribution is -2.51. The van der Waals surface area contributed by atoms with Crippen LogP contribution in [0.15, 0.2) is 0 Å². The molecule has 2 fully saturated rings. The van der Waals surface area contributed by atoms with E-state index in [4.69, 9.17) is 4.74 Å². The van der Waals surface area contributed by atoms with Gasteiger partial charge in [0.15, 0.2) is 0 Å². The minimum absolute atomic E-state index is 0.114. The summed E-state index contributed by atoms with van der Waals surface area (Å²) in [5, 5.41) is 3.71. The van der Waals surface area contributed by atoms with E-state index in [1.165, 1.54) is 57.8 Å². The van der Waals surface area contributed by atoms with Crippen LogP contribution in [0.1, 0.15) is 85.5 Å². The van der Waals surface area contributed by atoms with E-state index in [-0.39, 0.29) is 11.1 Å². The van der Waals surface area contributed by atoms with Gasteiger partial charge in [0.25, 0.3) is 0 Å². The highest BCUT2D eigenvalue weighted by molar-refractivity contribution is 4.91. The van der Waals surface area contributed by atoms with Crippen LogP contribution >= 0.6 is 0 Å². The third kappa shape index (κ3) is 5.56. The Morgan fingerprint density at radius 2 is 1.71 bits per heavy atom. The smallest absolute Gasteiger partial charge is 0.0806 e. The Morgan fingerprint density at radius 3 is 2.19 bits per heavy atom. The Balaban J connectivity index is 1.83. The summed E-state index contributed by atoms with van der Waals surface area (Å²) in [6, 6.07) is 0. The monoisotopic (exact) mass is 295 g/mol. The van der Waals surface area contributed by atoms with Gasteiger partial charge in [0.1, 0.15) is 0 Å². The molecule has 0 unspecified atom stereocenters. The molecule has 2 aliphatic carbocycles. The first-order chi connectivity index (χ1) is 9.92. The van der Waals surface area contributed by atoms with Crippen LogP contribution in [0.2, 0.25) is 0 Å². The molecule has 1 N–H and O–H groups in total. The number of ether oxygens (including phenoxy) is 1. The molecular formula is C19H37NO. The molecule has 2 aliphatic rings. The van der Waals surface area contributed by atoms with Crippen LogP contribution in [0, 0.1) is 11.8 Å². The fourth-order valence-electron chi connectivity index (χ4n) is 3.63. The molecule has 2 saturated carbocycles. The van der Waals surface area contributed by atoms with Crippen LogP contribution in [0.3, 0.4) is 0 Å². The summed E-state index contributed by atoms with van der Waals surface area (Å²) in [4.78, 5) is 0. The first-order valence-corrected chi connectivity index (χ1v) is 9.31. The largest absolute Gasteiger partial charge is 0.374 e. The van der Waals surface area contributed by atoms with E-state index in [9.17, 15) is 0 Å². The summed E-state index contributed by atoms with van der Waals surface area (Å²) in [5.41, 5.74) is 0.300. The van der Waals surface area contributed by atoms with Crippen molar-refractivity contribution in [2.24, 2.45) is 11.8 Å². The first-order valence-electron chi connectivity index (χ1n) is 9.31. The van der Waals surface area contributed by atoms with E-state index < -0.39 is 0 Å². The predicted molar refractivity (Wildman–Crippen MR) is 90.6 cm³/mol. The van der Waals surface area contributed by atoms with E-state index >= 15 is 0 Å². The zero-order valence-electron chi connectivity index (χ0n) is 14.8. The molecule has 124 valence electrons. The molecule has 0 amide bonds. The Morgan fingerprint density at radius 1 is 1.05 bits per heavy atom. The molecule has 0 bridgehead atoms. The fourth-order valence-corrected chi connectivity index (χ4v) is 3.63. The van der Waals surface area contributed by atoms with E-state index in [0.717, 1.165) is 25.0 Å². The van der Waals surface area contributed by atoms with Gasteiger partial charge in [-0.25, -0.2) is 0 Å². The minimum Gasteiger partial charge on any atom is -0.374 e. The maximum Gasteiger partial charge on any atom is 0.0806 e. The highest BCUT2D eigenvalue weighted by Gasteiger charge is 2.36. The van der Waals surface area contributed by atoms with Gasteiger partial charge < -0.3 is 10.1 Å². The maximum atomic E-state index is 6.50. The van der Waals surface area contributed by atoms with Crippen molar-refractivity contribution in [3.8, 4) is 0 Å².